The first-order valence-corrected chi connectivity index (χ1v) is 8.38. The molecule has 5 nitrogen and oxygen atoms in total. The van der Waals surface area contributed by atoms with Crippen LogP contribution in [0.3, 0.4) is 0 Å². The second-order valence-corrected chi connectivity index (χ2v) is 6.49. The molecule has 0 fully saturated rings. The minimum Gasteiger partial charge on any atom is -0.495 e. The third-order valence-electron chi connectivity index (χ3n) is 3.32. The highest BCUT2D eigenvalue weighted by Gasteiger charge is 2.16. The van der Waals surface area contributed by atoms with Crippen LogP contribution in [-0.2, 0) is 10.0 Å². The molecule has 0 saturated carbocycles. The molecule has 118 valence electrons. The number of hydrogen-bond donors (Lipinski definition) is 1. The molecule has 2 aromatic carbocycles. The molecular formula is C17H15NO4S. The zero-order valence-corrected chi connectivity index (χ0v) is 13.2. The van der Waals surface area contributed by atoms with E-state index in [-0.39, 0.29) is 4.90 Å². The van der Waals surface area contributed by atoms with Gasteiger partial charge < -0.3 is 9.15 Å². The van der Waals surface area contributed by atoms with Gasteiger partial charge in [0.2, 0.25) is 0 Å². The predicted molar refractivity (Wildman–Crippen MR) is 87.9 cm³/mol. The van der Waals surface area contributed by atoms with Crippen LogP contribution in [0.5, 0.6) is 5.75 Å². The molecule has 0 amide bonds. The number of hydrogen-bond acceptors (Lipinski definition) is 4. The number of anilines is 1. The maximum Gasteiger partial charge on any atom is 0.262 e. The molecule has 0 saturated heterocycles. The average molecular weight is 329 g/mol. The summed E-state index contributed by atoms with van der Waals surface area (Å²) in [5.41, 5.74) is 1.20. The molecule has 0 radical (unpaired) electrons. The van der Waals surface area contributed by atoms with Crippen LogP contribution in [0.4, 0.5) is 5.69 Å². The van der Waals surface area contributed by atoms with Gasteiger partial charge in [-0.15, -0.1) is 0 Å². The van der Waals surface area contributed by atoms with Crippen LogP contribution in [0.1, 0.15) is 0 Å². The van der Waals surface area contributed by atoms with Gasteiger partial charge in [0.1, 0.15) is 11.5 Å². The summed E-state index contributed by atoms with van der Waals surface area (Å²) in [5.74, 6) is 1.15. The largest absolute Gasteiger partial charge is 0.495 e. The van der Waals surface area contributed by atoms with Crippen LogP contribution < -0.4 is 9.46 Å². The summed E-state index contributed by atoms with van der Waals surface area (Å²) in [6.45, 7) is 0. The molecule has 1 aromatic heterocycles. The van der Waals surface area contributed by atoms with Crippen molar-refractivity contribution in [2.75, 3.05) is 11.8 Å². The Hall–Kier alpha value is -2.73. The van der Waals surface area contributed by atoms with E-state index >= 15 is 0 Å². The Morgan fingerprint density at radius 2 is 1.70 bits per heavy atom. The normalized spacial score (nSPS) is 11.2. The Morgan fingerprint density at radius 3 is 2.35 bits per heavy atom. The third kappa shape index (κ3) is 3.22. The van der Waals surface area contributed by atoms with E-state index in [1.807, 2.05) is 6.07 Å². The standard InChI is InChI=1S/C17H15NO4S/c1-21-17-6-3-2-5-15(17)18-23(19,20)14-10-8-13(9-11-14)16-7-4-12-22-16/h2-12,18H,1H3. The van der Waals surface area contributed by atoms with Crippen LogP contribution in [-0.4, -0.2) is 15.5 Å². The quantitative estimate of drug-likeness (QED) is 0.774. The summed E-state index contributed by atoms with van der Waals surface area (Å²) in [7, 11) is -2.20. The summed E-state index contributed by atoms with van der Waals surface area (Å²) >= 11 is 0. The van der Waals surface area contributed by atoms with Gasteiger partial charge in [-0.3, -0.25) is 4.72 Å². The van der Waals surface area contributed by atoms with Crippen molar-refractivity contribution in [3.05, 3.63) is 66.9 Å². The van der Waals surface area contributed by atoms with Crippen molar-refractivity contribution >= 4 is 15.7 Å². The van der Waals surface area contributed by atoms with E-state index in [1.165, 1.54) is 19.2 Å². The molecule has 1 N–H and O–H groups in total. The van der Waals surface area contributed by atoms with E-state index in [9.17, 15) is 8.42 Å². The average Bonchev–Trinajstić information content (AvgIpc) is 3.10. The second-order valence-electron chi connectivity index (χ2n) is 4.81. The van der Waals surface area contributed by atoms with Crippen molar-refractivity contribution < 1.29 is 17.6 Å². The number of sulfonamides is 1. The maximum absolute atomic E-state index is 12.5. The summed E-state index contributed by atoms with van der Waals surface area (Å²) in [6, 6.07) is 16.9. The highest BCUT2D eigenvalue weighted by molar-refractivity contribution is 7.92. The molecular weight excluding hydrogens is 314 g/mol. The molecule has 0 aliphatic carbocycles. The first-order chi connectivity index (χ1) is 11.1. The number of benzene rings is 2. The van der Waals surface area contributed by atoms with Crippen LogP contribution in [0.15, 0.2) is 76.2 Å². The molecule has 23 heavy (non-hydrogen) atoms. The molecule has 0 unspecified atom stereocenters. The van der Waals surface area contributed by atoms with Gasteiger partial charge in [-0.25, -0.2) is 8.42 Å². The van der Waals surface area contributed by atoms with E-state index in [4.69, 9.17) is 9.15 Å². The minimum absolute atomic E-state index is 0.165. The van der Waals surface area contributed by atoms with Crippen molar-refractivity contribution in [3.63, 3.8) is 0 Å². The second kappa shape index (κ2) is 6.18. The number of rotatable bonds is 5. The lowest BCUT2D eigenvalue weighted by Crippen LogP contribution is -2.13. The van der Waals surface area contributed by atoms with Crippen LogP contribution in [0.25, 0.3) is 11.3 Å². The van der Waals surface area contributed by atoms with E-state index < -0.39 is 10.0 Å². The van der Waals surface area contributed by atoms with Gasteiger partial charge in [0.25, 0.3) is 10.0 Å². The first kappa shape index (κ1) is 15.2. The molecule has 0 bridgehead atoms. The monoisotopic (exact) mass is 329 g/mol. The summed E-state index contributed by atoms with van der Waals surface area (Å²) in [6.07, 6.45) is 1.57. The Labute approximate surface area is 134 Å². The van der Waals surface area contributed by atoms with Gasteiger partial charge in [-0.05, 0) is 48.5 Å². The Kier molecular flexibility index (Phi) is 4.08. The smallest absolute Gasteiger partial charge is 0.262 e. The van der Waals surface area contributed by atoms with E-state index in [1.54, 1.807) is 48.7 Å². The number of para-hydroxylation sites is 2. The number of furan rings is 1. The molecule has 0 aliphatic rings. The first-order valence-electron chi connectivity index (χ1n) is 6.90. The molecule has 6 heteroatoms. The number of methoxy groups -OCH3 is 1. The lowest BCUT2D eigenvalue weighted by Gasteiger charge is -2.11. The fraction of sp³-hybridized carbons (Fsp3) is 0.0588. The summed E-state index contributed by atoms with van der Waals surface area (Å²) in [5, 5.41) is 0. The number of nitrogens with one attached hydrogen (secondary N) is 1. The predicted octanol–water partition coefficient (Wildman–Crippen LogP) is 3.76. The fourth-order valence-corrected chi connectivity index (χ4v) is 3.24. The molecule has 0 aliphatic heterocycles. The van der Waals surface area contributed by atoms with Gasteiger partial charge in [-0.2, -0.15) is 0 Å². The molecule has 1 heterocycles. The minimum atomic E-state index is -3.69. The van der Waals surface area contributed by atoms with Crippen molar-refractivity contribution in [2.45, 2.75) is 4.90 Å². The zero-order valence-electron chi connectivity index (χ0n) is 12.4. The summed E-state index contributed by atoms with van der Waals surface area (Å²) < 4.78 is 37.9. The van der Waals surface area contributed by atoms with Crippen molar-refractivity contribution in [2.24, 2.45) is 0 Å². The molecule has 0 spiro atoms. The summed E-state index contributed by atoms with van der Waals surface area (Å²) in [4.78, 5) is 0.165. The van der Waals surface area contributed by atoms with Gasteiger partial charge >= 0.3 is 0 Å². The van der Waals surface area contributed by atoms with Gasteiger partial charge in [0, 0.05) is 5.56 Å². The van der Waals surface area contributed by atoms with E-state index in [0.717, 1.165) is 5.56 Å². The Morgan fingerprint density at radius 1 is 0.957 bits per heavy atom. The topological polar surface area (TPSA) is 68.5 Å². The van der Waals surface area contributed by atoms with Crippen LogP contribution in [0, 0.1) is 0 Å². The highest BCUT2D eigenvalue weighted by atomic mass is 32.2. The highest BCUT2D eigenvalue weighted by Crippen LogP contribution is 2.27. The molecule has 3 rings (SSSR count). The van der Waals surface area contributed by atoms with Gasteiger partial charge in [0.15, 0.2) is 0 Å². The number of ether oxygens (including phenoxy) is 1. The van der Waals surface area contributed by atoms with Crippen molar-refractivity contribution in [1.82, 2.24) is 0 Å². The third-order valence-corrected chi connectivity index (χ3v) is 4.70. The zero-order chi connectivity index (χ0) is 16.3. The lowest BCUT2D eigenvalue weighted by atomic mass is 10.2. The van der Waals surface area contributed by atoms with E-state index in [0.29, 0.717) is 17.2 Å². The van der Waals surface area contributed by atoms with E-state index in [2.05, 4.69) is 4.72 Å². The van der Waals surface area contributed by atoms with Gasteiger partial charge in [-0.1, -0.05) is 12.1 Å². The Balaban J connectivity index is 1.88. The van der Waals surface area contributed by atoms with Crippen LogP contribution >= 0.6 is 0 Å². The Bertz CT molecular complexity index is 885. The maximum atomic E-state index is 12.5. The van der Waals surface area contributed by atoms with Crippen molar-refractivity contribution in [1.29, 1.82) is 0 Å². The lowest BCUT2D eigenvalue weighted by molar-refractivity contribution is 0.417. The van der Waals surface area contributed by atoms with Gasteiger partial charge in [0.05, 0.1) is 24.0 Å². The molecule has 3 aromatic rings. The fourth-order valence-electron chi connectivity index (χ4n) is 2.17. The molecule has 0 atom stereocenters. The SMILES string of the molecule is COc1ccccc1NS(=O)(=O)c1ccc(-c2ccco2)cc1. The van der Waals surface area contributed by atoms with Crippen molar-refractivity contribution in [3.8, 4) is 17.1 Å². The van der Waals surface area contributed by atoms with Crippen LogP contribution in [0.2, 0.25) is 0 Å².